The van der Waals surface area contributed by atoms with Gasteiger partial charge in [0.2, 0.25) is 5.76 Å². The standard InChI is InChI=1S/C11H10N2O3/c1-13(8-2-4-9(14)5-3-8)11(15)10-6-7-12-16-10/h2-7,14H,1H3. The smallest absolute Gasteiger partial charge is 0.296 e. The quantitative estimate of drug-likeness (QED) is 0.832. The van der Waals surface area contributed by atoms with Crippen LogP contribution in [0.15, 0.2) is 41.1 Å². The Labute approximate surface area is 91.9 Å². The van der Waals surface area contributed by atoms with Crippen LogP contribution in [0.4, 0.5) is 5.69 Å². The van der Waals surface area contributed by atoms with E-state index in [1.807, 2.05) is 0 Å². The fourth-order valence-corrected chi connectivity index (χ4v) is 1.28. The second-order valence-electron chi connectivity index (χ2n) is 3.26. The summed E-state index contributed by atoms with van der Waals surface area (Å²) < 4.78 is 4.77. The van der Waals surface area contributed by atoms with E-state index in [2.05, 4.69) is 5.16 Å². The van der Waals surface area contributed by atoms with Crippen molar-refractivity contribution in [2.24, 2.45) is 0 Å². The Bertz CT molecular complexity index is 476. The highest BCUT2D eigenvalue weighted by atomic mass is 16.5. The predicted octanol–water partition coefficient (Wildman–Crippen LogP) is 1.66. The van der Waals surface area contributed by atoms with Crippen LogP contribution in [0.5, 0.6) is 5.75 Å². The summed E-state index contributed by atoms with van der Waals surface area (Å²) in [7, 11) is 1.62. The number of benzene rings is 1. The fourth-order valence-electron chi connectivity index (χ4n) is 1.28. The summed E-state index contributed by atoms with van der Waals surface area (Å²) in [5.41, 5.74) is 0.666. The van der Waals surface area contributed by atoms with E-state index >= 15 is 0 Å². The van der Waals surface area contributed by atoms with E-state index in [-0.39, 0.29) is 17.4 Å². The van der Waals surface area contributed by atoms with Crippen LogP contribution in [0.1, 0.15) is 10.6 Å². The van der Waals surface area contributed by atoms with Crippen LogP contribution >= 0.6 is 0 Å². The molecule has 0 bridgehead atoms. The average molecular weight is 218 g/mol. The number of carbonyl (C=O) groups is 1. The third-order valence-electron chi connectivity index (χ3n) is 2.19. The first-order valence-electron chi connectivity index (χ1n) is 4.66. The Morgan fingerprint density at radius 3 is 2.56 bits per heavy atom. The molecule has 1 heterocycles. The van der Waals surface area contributed by atoms with Gasteiger partial charge in [0.25, 0.3) is 5.91 Å². The van der Waals surface area contributed by atoms with E-state index in [9.17, 15) is 4.79 Å². The Morgan fingerprint density at radius 1 is 1.31 bits per heavy atom. The lowest BCUT2D eigenvalue weighted by Gasteiger charge is -2.15. The number of nitrogens with zero attached hydrogens (tertiary/aromatic N) is 2. The van der Waals surface area contributed by atoms with Gasteiger partial charge in [0, 0.05) is 18.8 Å². The third kappa shape index (κ3) is 1.88. The van der Waals surface area contributed by atoms with Crippen molar-refractivity contribution >= 4 is 11.6 Å². The molecule has 0 unspecified atom stereocenters. The molecule has 0 aliphatic carbocycles. The number of rotatable bonds is 2. The number of phenolic OH excluding ortho intramolecular Hbond substituents is 1. The summed E-state index contributed by atoms with van der Waals surface area (Å²) in [4.78, 5) is 13.2. The molecule has 1 amide bonds. The Kier molecular flexibility index (Phi) is 2.59. The van der Waals surface area contributed by atoms with Crippen molar-refractivity contribution < 1.29 is 14.4 Å². The SMILES string of the molecule is CN(C(=O)c1ccno1)c1ccc(O)cc1. The normalized spacial score (nSPS) is 10.1. The Balaban J connectivity index is 2.22. The van der Waals surface area contributed by atoms with Crippen LogP contribution in [-0.4, -0.2) is 23.2 Å². The lowest BCUT2D eigenvalue weighted by Crippen LogP contribution is -2.25. The molecule has 2 aromatic rings. The van der Waals surface area contributed by atoms with Gasteiger partial charge < -0.3 is 14.5 Å². The maximum absolute atomic E-state index is 11.8. The molecule has 82 valence electrons. The van der Waals surface area contributed by atoms with Gasteiger partial charge in [-0.15, -0.1) is 0 Å². The van der Waals surface area contributed by atoms with Crippen molar-refractivity contribution in [3.05, 3.63) is 42.3 Å². The van der Waals surface area contributed by atoms with Gasteiger partial charge >= 0.3 is 0 Å². The predicted molar refractivity (Wildman–Crippen MR) is 57.3 cm³/mol. The van der Waals surface area contributed by atoms with E-state index in [1.165, 1.54) is 29.3 Å². The van der Waals surface area contributed by atoms with Gasteiger partial charge in [-0.3, -0.25) is 4.79 Å². The number of phenols is 1. The summed E-state index contributed by atoms with van der Waals surface area (Å²) in [5.74, 6) is 0.0445. The molecule has 0 aliphatic heterocycles. The maximum Gasteiger partial charge on any atom is 0.296 e. The Hall–Kier alpha value is -2.30. The van der Waals surface area contributed by atoms with Crippen LogP contribution in [0.25, 0.3) is 0 Å². The molecule has 0 atom stereocenters. The zero-order valence-corrected chi connectivity index (χ0v) is 8.62. The number of aromatic nitrogens is 1. The van der Waals surface area contributed by atoms with Crippen LogP contribution in [0.3, 0.4) is 0 Å². The van der Waals surface area contributed by atoms with Gasteiger partial charge in [-0.1, -0.05) is 5.16 Å². The van der Waals surface area contributed by atoms with Gasteiger partial charge in [-0.25, -0.2) is 0 Å². The van der Waals surface area contributed by atoms with Crippen molar-refractivity contribution in [1.29, 1.82) is 0 Å². The molecule has 2 rings (SSSR count). The van der Waals surface area contributed by atoms with Crippen LogP contribution in [0, 0.1) is 0 Å². The summed E-state index contributed by atoms with van der Waals surface area (Å²) in [6.07, 6.45) is 1.41. The molecule has 1 aromatic carbocycles. The molecule has 1 aromatic heterocycles. The van der Waals surface area contributed by atoms with Crippen molar-refractivity contribution in [2.75, 3.05) is 11.9 Å². The number of aromatic hydroxyl groups is 1. The van der Waals surface area contributed by atoms with E-state index in [4.69, 9.17) is 9.63 Å². The van der Waals surface area contributed by atoms with Gasteiger partial charge in [0.15, 0.2) is 0 Å². The molecule has 0 fully saturated rings. The number of anilines is 1. The maximum atomic E-state index is 11.8. The van der Waals surface area contributed by atoms with Crippen molar-refractivity contribution in [2.45, 2.75) is 0 Å². The summed E-state index contributed by atoms with van der Waals surface area (Å²) in [5, 5.41) is 12.6. The first-order valence-corrected chi connectivity index (χ1v) is 4.66. The molecule has 0 radical (unpaired) electrons. The fraction of sp³-hybridized carbons (Fsp3) is 0.0909. The number of hydrogen-bond acceptors (Lipinski definition) is 4. The van der Waals surface area contributed by atoms with Gasteiger partial charge in [-0.05, 0) is 24.3 Å². The second-order valence-corrected chi connectivity index (χ2v) is 3.26. The van der Waals surface area contributed by atoms with E-state index in [0.717, 1.165) is 0 Å². The van der Waals surface area contributed by atoms with Crippen molar-refractivity contribution in [3.63, 3.8) is 0 Å². The highest BCUT2D eigenvalue weighted by Crippen LogP contribution is 2.18. The molecule has 5 heteroatoms. The lowest BCUT2D eigenvalue weighted by molar-refractivity contribution is 0.0957. The van der Waals surface area contributed by atoms with Gasteiger partial charge in [-0.2, -0.15) is 0 Å². The zero-order valence-electron chi connectivity index (χ0n) is 8.62. The molecule has 0 saturated heterocycles. The number of carbonyl (C=O) groups excluding carboxylic acids is 1. The molecule has 5 nitrogen and oxygen atoms in total. The average Bonchev–Trinajstić information content (AvgIpc) is 2.81. The number of hydrogen-bond donors (Lipinski definition) is 1. The minimum Gasteiger partial charge on any atom is -0.508 e. The summed E-state index contributed by atoms with van der Waals surface area (Å²) >= 11 is 0. The minimum absolute atomic E-state index is 0.157. The van der Waals surface area contributed by atoms with E-state index in [0.29, 0.717) is 5.69 Å². The highest BCUT2D eigenvalue weighted by molar-refractivity contribution is 6.03. The van der Waals surface area contributed by atoms with Gasteiger partial charge in [0.05, 0.1) is 6.20 Å². The monoisotopic (exact) mass is 218 g/mol. The lowest BCUT2D eigenvalue weighted by atomic mass is 10.2. The molecule has 1 N–H and O–H groups in total. The van der Waals surface area contributed by atoms with Crippen molar-refractivity contribution in [1.82, 2.24) is 5.16 Å². The highest BCUT2D eigenvalue weighted by Gasteiger charge is 2.16. The Morgan fingerprint density at radius 2 is 2.00 bits per heavy atom. The molecular formula is C11H10N2O3. The minimum atomic E-state index is -0.289. The first-order chi connectivity index (χ1) is 7.68. The zero-order chi connectivity index (χ0) is 11.5. The van der Waals surface area contributed by atoms with Crippen LogP contribution < -0.4 is 4.90 Å². The summed E-state index contributed by atoms with van der Waals surface area (Å²) in [6.45, 7) is 0. The van der Waals surface area contributed by atoms with E-state index < -0.39 is 0 Å². The van der Waals surface area contributed by atoms with Crippen LogP contribution in [-0.2, 0) is 0 Å². The molecular weight excluding hydrogens is 208 g/mol. The molecule has 0 saturated carbocycles. The molecule has 16 heavy (non-hydrogen) atoms. The summed E-state index contributed by atoms with van der Waals surface area (Å²) in [6, 6.07) is 7.81. The van der Waals surface area contributed by atoms with Crippen LogP contribution in [0.2, 0.25) is 0 Å². The third-order valence-corrected chi connectivity index (χ3v) is 2.19. The number of amides is 1. The van der Waals surface area contributed by atoms with Crippen molar-refractivity contribution in [3.8, 4) is 5.75 Å². The molecule has 0 aliphatic rings. The topological polar surface area (TPSA) is 66.6 Å². The van der Waals surface area contributed by atoms with E-state index in [1.54, 1.807) is 19.2 Å². The first kappa shape index (κ1) is 10.2. The second kappa shape index (κ2) is 4.06. The van der Waals surface area contributed by atoms with Gasteiger partial charge in [0.1, 0.15) is 5.75 Å². The largest absolute Gasteiger partial charge is 0.508 e. The molecule has 0 spiro atoms.